The van der Waals surface area contributed by atoms with E-state index in [0.717, 1.165) is 9.26 Å². The van der Waals surface area contributed by atoms with Gasteiger partial charge in [0, 0.05) is 15.3 Å². The molecule has 0 aliphatic heterocycles. The molecule has 0 unspecified atom stereocenters. The van der Waals surface area contributed by atoms with Crippen LogP contribution in [0.15, 0.2) is 18.2 Å². The molecule has 2 aromatic rings. The van der Waals surface area contributed by atoms with Crippen LogP contribution >= 0.6 is 22.6 Å². The second-order valence-corrected chi connectivity index (χ2v) is 6.17. The Balaban J connectivity index is 2.25. The van der Waals surface area contributed by atoms with Crippen molar-refractivity contribution < 1.29 is 14.3 Å². The first-order valence-electron chi connectivity index (χ1n) is 6.74. The van der Waals surface area contributed by atoms with E-state index in [4.69, 9.17) is 9.47 Å². The molecule has 2 N–H and O–H groups in total. The Kier molecular flexibility index (Phi) is 5.28. The van der Waals surface area contributed by atoms with E-state index in [2.05, 4.69) is 52.0 Å². The molecule has 118 valence electrons. The Hall–Kier alpha value is -1.77. The largest absolute Gasteiger partial charge is 0.493 e. The van der Waals surface area contributed by atoms with E-state index in [-0.39, 0.29) is 5.91 Å². The molecule has 0 atom stereocenters. The van der Waals surface area contributed by atoms with Crippen molar-refractivity contribution in [3.63, 3.8) is 0 Å². The van der Waals surface area contributed by atoms with E-state index < -0.39 is 0 Å². The van der Waals surface area contributed by atoms with E-state index >= 15 is 0 Å². The number of amides is 1. The standard InChI is InChI=1S/C15H18IN3O3/c1-8(2)11-7-14(19-18-11)17-15(20)9-5-12(21-3)13(22-4)6-10(9)16/h5-8H,1-4H3,(H2,17,18,19,20). The van der Waals surface area contributed by atoms with Crippen molar-refractivity contribution in [2.45, 2.75) is 19.8 Å². The molecule has 0 fully saturated rings. The van der Waals surface area contributed by atoms with E-state index in [0.29, 0.717) is 28.8 Å². The number of halogens is 1. The third-order valence-electron chi connectivity index (χ3n) is 3.18. The summed E-state index contributed by atoms with van der Waals surface area (Å²) in [6.45, 7) is 4.10. The van der Waals surface area contributed by atoms with Crippen molar-refractivity contribution in [1.82, 2.24) is 10.2 Å². The molecule has 0 saturated heterocycles. The minimum atomic E-state index is -0.243. The molecule has 0 bridgehead atoms. The number of rotatable bonds is 5. The van der Waals surface area contributed by atoms with Crippen LogP contribution < -0.4 is 14.8 Å². The molecule has 6 nitrogen and oxygen atoms in total. The SMILES string of the molecule is COc1cc(I)c(C(=O)Nc2cc(C(C)C)[nH]n2)cc1OC. The van der Waals surface area contributed by atoms with Crippen LogP contribution in [0, 0.1) is 3.57 Å². The summed E-state index contributed by atoms with van der Waals surface area (Å²) in [6.07, 6.45) is 0. The van der Waals surface area contributed by atoms with E-state index in [1.165, 1.54) is 7.11 Å². The van der Waals surface area contributed by atoms with Crippen molar-refractivity contribution >= 4 is 34.3 Å². The number of nitrogens with one attached hydrogen (secondary N) is 2. The highest BCUT2D eigenvalue weighted by atomic mass is 127. The highest BCUT2D eigenvalue weighted by Crippen LogP contribution is 2.31. The summed E-state index contributed by atoms with van der Waals surface area (Å²) in [5, 5.41) is 9.78. The smallest absolute Gasteiger partial charge is 0.258 e. The molecule has 2 rings (SSSR count). The molecule has 1 aromatic carbocycles. The molecular formula is C15H18IN3O3. The maximum absolute atomic E-state index is 12.4. The normalized spacial score (nSPS) is 10.6. The fourth-order valence-electron chi connectivity index (χ4n) is 1.91. The minimum absolute atomic E-state index is 0.243. The molecule has 0 aliphatic carbocycles. The highest BCUT2D eigenvalue weighted by molar-refractivity contribution is 14.1. The Morgan fingerprint density at radius 2 is 1.86 bits per heavy atom. The zero-order valence-electron chi connectivity index (χ0n) is 12.9. The number of methoxy groups -OCH3 is 2. The number of ether oxygens (including phenoxy) is 2. The van der Waals surface area contributed by atoms with Gasteiger partial charge >= 0.3 is 0 Å². The zero-order valence-corrected chi connectivity index (χ0v) is 15.0. The van der Waals surface area contributed by atoms with E-state index in [1.54, 1.807) is 19.2 Å². The molecular weight excluding hydrogens is 397 g/mol. The first-order valence-corrected chi connectivity index (χ1v) is 7.82. The fraction of sp³-hybridized carbons (Fsp3) is 0.333. The number of aromatic nitrogens is 2. The van der Waals surface area contributed by atoms with Crippen LogP contribution in [0.1, 0.15) is 35.8 Å². The Morgan fingerprint density at radius 3 is 2.41 bits per heavy atom. The number of carbonyl (C=O) groups excluding carboxylic acids is 1. The third kappa shape index (κ3) is 3.52. The quantitative estimate of drug-likeness (QED) is 0.735. The van der Waals surface area contributed by atoms with Crippen LogP contribution in [-0.2, 0) is 0 Å². The number of hydrogen-bond donors (Lipinski definition) is 2. The van der Waals surface area contributed by atoms with Crippen molar-refractivity contribution in [3.05, 3.63) is 33.0 Å². The third-order valence-corrected chi connectivity index (χ3v) is 4.07. The number of carbonyl (C=O) groups is 1. The van der Waals surface area contributed by atoms with E-state index in [1.807, 2.05) is 6.07 Å². The van der Waals surface area contributed by atoms with Crippen molar-refractivity contribution in [2.24, 2.45) is 0 Å². The molecule has 1 heterocycles. The van der Waals surface area contributed by atoms with Gasteiger partial charge in [-0.25, -0.2) is 0 Å². The maximum atomic E-state index is 12.4. The Bertz CT molecular complexity index is 683. The number of benzene rings is 1. The van der Waals surface area contributed by atoms with Crippen LogP contribution in [0.25, 0.3) is 0 Å². The van der Waals surface area contributed by atoms with Gasteiger partial charge < -0.3 is 14.8 Å². The number of anilines is 1. The van der Waals surface area contributed by atoms with Crippen LogP contribution in [0.2, 0.25) is 0 Å². The molecule has 7 heteroatoms. The average Bonchev–Trinajstić information content (AvgIpc) is 2.95. The summed E-state index contributed by atoms with van der Waals surface area (Å²) in [4.78, 5) is 12.4. The van der Waals surface area contributed by atoms with Crippen LogP contribution in [0.4, 0.5) is 5.82 Å². The molecule has 1 amide bonds. The minimum Gasteiger partial charge on any atom is -0.493 e. The summed E-state index contributed by atoms with van der Waals surface area (Å²) in [5.41, 5.74) is 1.48. The molecule has 0 saturated carbocycles. The van der Waals surface area contributed by atoms with Crippen molar-refractivity contribution in [1.29, 1.82) is 0 Å². The van der Waals surface area contributed by atoms with Crippen molar-refractivity contribution in [3.8, 4) is 11.5 Å². The predicted octanol–water partition coefficient (Wildman–Crippen LogP) is 3.41. The zero-order chi connectivity index (χ0) is 16.3. The van der Waals surface area contributed by atoms with Crippen LogP contribution in [0.5, 0.6) is 11.5 Å². The molecule has 0 spiro atoms. The van der Waals surface area contributed by atoms with Crippen LogP contribution in [-0.4, -0.2) is 30.3 Å². The lowest BCUT2D eigenvalue weighted by Gasteiger charge is -2.11. The van der Waals surface area contributed by atoms with Crippen molar-refractivity contribution in [2.75, 3.05) is 19.5 Å². The van der Waals surface area contributed by atoms with Gasteiger partial charge in [0.2, 0.25) is 0 Å². The van der Waals surface area contributed by atoms with Gasteiger partial charge in [-0.05, 0) is 40.6 Å². The number of H-pyrrole nitrogens is 1. The maximum Gasteiger partial charge on any atom is 0.258 e. The Labute approximate surface area is 142 Å². The molecule has 22 heavy (non-hydrogen) atoms. The predicted molar refractivity (Wildman–Crippen MR) is 92.9 cm³/mol. The lowest BCUT2D eigenvalue weighted by Crippen LogP contribution is -2.14. The summed E-state index contributed by atoms with van der Waals surface area (Å²) < 4.78 is 11.2. The highest BCUT2D eigenvalue weighted by Gasteiger charge is 2.17. The fourth-order valence-corrected chi connectivity index (χ4v) is 2.59. The summed E-state index contributed by atoms with van der Waals surface area (Å²) in [6, 6.07) is 5.25. The number of nitrogens with zero attached hydrogens (tertiary/aromatic N) is 1. The number of aromatic amines is 1. The first kappa shape index (κ1) is 16.6. The first-order chi connectivity index (χ1) is 10.5. The van der Waals surface area contributed by atoms with Gasteiger partial charge in [0.05, 0.1) is 19.8 Å². The molecule has 0 radical (unpaired) electrons. The van der Waals surface area contributed by atoms with Gasteiger partial charge in [0.25, 0.3) is 5.91 Å². The van der Waals surface area contributed by atoms with Gasteiger partial charge in [-0.15, -0.1) is 0 Å². The average molecular weight is 415 g/mol. The number of hydrogen-bond acceptors (Lipinski definition) is 4. The van der Waals surface area contributed by atoms with Gasteiger partial charge in [-0.1, -0.05) is 13.8 Å². The molecule has 1 aromatic heterocycles. The Morgan fingerprint density at radius 1 is 1.23 bits per heavy atom. The lowest BCUT2D eigenvalue weighted by molar-refractivity contribution is 0.102. The van der Waals surface area contributed by atoms with Gasteiger partial charge in [0.15, 0.2) is 17.3 Å². The topological polar surface area (TPSA) is 76.2 Å². The second-order valence-electron chi connectivity index (χ2n) is 5.00. The van der Waals surface area contributed by atoms with Gasteiger partial charge in [0.1, 0.15) is 0 Å². The monoisotopic (exact) mass is 415 g/mol. The second kappa shape index (κ2) is 6.99. The summed E-state index contributed by atoms with van der Waals surface area (Å²) >= 11 is 2.09. The summed E-state index contributed by atoms with van der Waals surface area (Å²) in [5.74, 6) is 1.68. The van der Waals surface area contributed by atoms with Gasteiger partial charge in [-0.3, -0.25) is 9.89 Å². The molecule has 0 aliphatic rings. The van der Waals surface area contributed by atoms with Gasteiger partial charge in [-0.2, -0.15) is 5.10 Å². The van der Waals surface area contributed by atoms with Crippen LogP contribution in [0.3, 0.4) is 0 Å². The lowest BCUT2D eigenvalue weighted by atomic mass is 10.1. The van der Waals surface area contributed by atoms with E-state index in [9.17, 15) is 4.79 Å². The summed E-state index contributed by atoms with van der Waals surface area (Å²) in [7, 11) is 3.10.